The van der Waals surface area contributed by atoms with Crippen molar-refractivity contribution >= 4 is 0 Å². The number of hydrogen-bond donors (Lipinski definition) is 1. The SMILES string of the molecule is CC(C)c1ncn[nH]c1=O. The van der Waals surface area contributed by atoms with Gasteiger partial charge in [-0.3, -0.25) is 4.79 Å². The molecule has 1 aromatic rings. The minimum absolute atomic E-state index is 0.159. The van der Waals surface area contributed by atoms with Crippen molar-refractivity contribution < 1.29 is 0 Å². The van der Waals surface area contributed by atoms with Crippen molar-refractivity contribution in [3.05, 3.63) is 22.4 Å². The summed E-state index contributed by atoms with van der Waals surface area (Å²) in [6.45, 7) is 3.83. The molecule has 0 aromatic carbocycles. The zero-order chi connectivity index (χ0) is 7.56. The lowest BCUT2D eigenvalue weighted by Gasteiger charge is -1.98. The average Bonchev–Trinajstić information content (AvgIpc) is 1.88. The van der Waals surface area contributed by atoms with Crippen molar-refractivity contribution in [1.82, 2.24) is 15.2 Å². The van der Waals surface area contributed by atoms with E-state index < -0.39 is 0 Å². The third-order valence-electron chi connectivity index (χ3n) is 1.20. The van der Waals surface area contributed by atoms with Crippen molar-refractivity contribution in [3.8, 4) is 0 Å². The molecule has 0 unspecified atom stereocenters. The second-order valence-electron chi connectivity index (χ2n) is 2.35. The molecule has 1 N–H and O–H groups in total. The normalized spacial score (nSPS) is 10.3. The Labute approximate surface area is 58.3 Å². The van der Waals surface area contributed by atoms with E-state index in [0.29, 0.717) is 5.69 Å². The van der Waals surface area contributed by atoms with Gasteiger partial charge in [0.1, 0.15) is 12.0 Å². The molecule has 1 heterocycles. The molecule has 0 fully saturated rings. The van der Waals surface area contributed by atoms with E-state index in [4.69, 9.17) is 0 Å². The van der Waals surface area contributed by atoms with Crippen molar-refractivity contribution in [2.24, 2.45) is 0 Å². The summed E-state index contributed by atoms with van der Waals surface area (Å²) in [5.74, 6) is 0.159. The molecule has 0 bridgehead atoms. The van der Waals surface area contributed by atoms with Gasteiger partial charge in [-0.2, -0.15) is 5.10 Å². The van der Waals surface area contributed by atoms with Gasteiger partial charge >= 0.3 is 0 Å². The molecule has 4 heteroatoms. The molecule has 54 valence electrons. The number of nitrogens with one attached hydrogen (secondary N) is 1. The fourth-order valence-corrected chi connectivity index (χ4v) is 0.706. The fraction of sp³-hybridized carbons (Fsp3) is 0.500. The molecule has 0 spiro atoms. The van der Waals surface area contributed by atoms with Gasteiger partial charge in [-0.15, -0.1) is 0 Å². The van der Waals surface area contributed by atoms with Gasteiger partial charge in [0.15, 0.2) is 0 Å². The van der Waals surface area contributed by atoms with Gasteiger partial charge in [0, 0.05) is 5.92 Å². The first kappa shape index (κ1) is 6.92. The third kappa shape index (κ3) is 1.21. The Morgan fingerprint density at radius 2 is 2.30 bits per heavy atom. The highest BCUT2D eigenvalue weighted by molar-refractivity contribution is 4.98. The van der Waals surface area contributed by atoms with E-state index in [1.807, 2.05) is 13.8 Å². The van der Waals surface area contributed by atoms with Crippen LogP contribution in [-0.2, 0) is 0 Å². The van der Waals surface area contributed by atoms with Gasteiger partial charge in [0.05, 0.1) is 0 Å². The standard InChI is InChI=1S/C6H9N3O/c1-4(2)5-6(10)9-8-3-7-5/h3-4H,1-2H3,(H,9,10). The van der Waals surface area contributed by atoms with Gasteiger partial charge in [0.25, 0.3) is 5.56 Å². The van der Waals surface area contributed by atoms with Gasteiger partial charge in [-0.25, -0.2) is 10.1 Å². The number of nitrogens with zero attached hydrogens (tertiary/aromatic N) is 2. The van der Waals surface area contributed by atoms with E-state index >= 15 is 0 Å². The Kier molecular flexibility index (Phi) is 1.80. The highest BCUT2D eigenvalue weighted by Gasteiger charge is 2.03. The summed E-state index contributed by atoms with van der Waals surface area (Å²) in [5.41, 5.74) is 0.340. The van der Waals surface area contributed by atoms with Crippen molar-refractivity contribution in [3.63, 3.8) is 0 Å². The first-order valence-electron chi connectivity index (χ1n) is 3.11. The van der Waals surface area contributed by atoms with E-state index in [2.05, 4.69) is 15.2 Å². The highest BCUT2D eigenvalue weighted by atomic mass is 16.1. The van der Waals surface area contributed by atoms with Crippen LogP contribution in [0.1, 0.15) is 25.5 Å². The van der Waals surface area contributed by atoms with Crippen LogP contribution in [0.25, 0.3) is 0 Å². The summed E-state index contributed by atoms with van der Waals surface area (Å²) < 4.78 is 0. The molecule has 10 heavy (non-hydrogen) atoms. The number of aromatic nitrogens is 3. The Balaban J connectivity index is 3.16. The lowest BCUT2D eigenvalue weighted by molar-refractivity contribution is 0.763. The minimum atomic E-state index is -0.197. The van der Waals surface area contributed by atoms with E-state index in [9.17, 15) is 4.79 Å². The van der Waals surface area contributed by atoms with Crippen LogP contribution >= 0.6 is 0 Å². The van der Waals surface area contributed by atoms with Crippen LogP contribution in [0.4, 0.5) is 0 Å². The first-order chi connectivity index (χ1) is 4.72. The summed E-state index contributed by atoms with van der Waals surface area (Å²) in [7, 11) is 0. The lowest BCUT2D eigenvalue weighted by atomic mass is 10.1. The third-order valence-corrected chi connectivity index (χ3v) is 1.20. The monoisotopic (exact) mass is 139 g/mol. The van der Waals surface area contributed by atoms with E-state index in [1.165, 1.54) is 6.33 Å². The number of aromatic amines is 1. The van der Waals surface area contributed by atoms with Gasteiger partial charge in [-0.1, -0.05) is 13.8 Å². The first-order valence-corrected chi connectivity index (χ1v) is 3.11. The fourth-order valence-electron chi connectivity index (χ4n) is 0.706. The molecular weight excluding hydrogens is 130 g/mol. The summed E-state index contributed by atoms with van der Waals surface area (Å²) in [6.07, 6.45) is 1.34. The number of hydrogen-bond acceptors (Lipinski definition) is 3. The maximum Gasteiger partial charge on any atom is 0.286 e. The van der Waals surface area contributed by atoms with Gasteiger partial charge < -0.3 is 0 Å². The summed E-state index contributed by atoms with van der Waals surface area (Å²) >= 11 is 0. The molecule has 1 aromatic heterocycles. The molecule has 0 atom stereocenters. The zero-order valence-electron chi connectivity index (χ0n) is 5.96. The largest absolute Gasteiger partial charge is 0.286 e. The van der Waals surface area contributed by atoms with Crippen LogP contribution in [0, 0.1) is 0 Å². The van der Waals surface area contributed by atoms with E-state index in [1.54, 1.807) is 0 Å². The molecule has 0 amide bonds. The molecule has 0 aliphatic rings. The van der Waals surface area contributed by atoms with Gasteiger partial charge in [-0.05, 0) is 0 Å². The molecule has 0 aliphatic heterocycles. The molecule has 0 aliphatic carbocycles. The van der Waals surface area contributed by atoms with Crippen LogP contribution in [0.3, 0.4) is 0 Å². The quantitative estimate of drug-likeness (QED) is 0.608. The number of H-pyrrole nitrogens is 1. The van der Waals surface area contributed by atoms with Crippen molar-refractivity contribution in [2.75, 3.05) is 0 Å². The number of rotatable bonds is 1. The summed E-state index contributed by atoms with van der Waals surface area (Å²) in [5, 5.41) is 5.79. The molecule has 0 saturated heterocycles. The summed E-state index contributed by atoms with van der Waals surface area (Å²) in [6, 6.07) is 0. The topological polar surface area (TPSA) is 58.6 Å². The van der Waals surface area contributed by atoms with Gasteiger partial charge in [0.2, 0.25) is 0 Å². The smallest absolute Gasteiger partial charge is 0.266 e. The summed E-state index contributed by atoms with van der Waals surface area (Å²) in [4.78, 5) is 14.7. The average molecular weight is 139 g/mol. The maximum absolute atomic E-state index is 10.9. The second kappa shape index (κ2) is 2.60. The molecular formula is C6H9N3O. The van der Waals surface area contributed by atoms with E-state index in [0.717, 1.165) is 0 Å². The Bertz CT molecular complexity index is 266. The lowest BCUT2D eigenvalue weighted by Crippen LogP contribution is -2.16. The Morgan fingerprint density at radius 3 is 2.70 bits per heavy atom. The van der Waals surface area contributed by atoms with Crippen LogP contribution in [0.5, 0.6) is 0 Å². The predicted molar refractivity (Wildman–Crippen MR) is 36.7 cm³/mol. The van der Waals surface area contributed by atoms with Crippen LogP contribution < -0.4 is 5.56 Å². The Hall–Kier alpha value is -1.19. The van der Waals surface area contributed by atoms with Crippen molar-refractivity contribution in [2.45, 2.75) is 19.8 Å². The highest BCUT2D eigenvalue weighted by Crippen LogP contribution is 2.02. The zero-order valence-corrected chi connectivity index (χ0v) is 5.96. The van der Waals surface area contributed by atoms with E-state index in [-0.39, 0.29) is 11.5 Å². The maximum atomic E-state index is 10.9. The molecule has 1 rings (SSSR count). The molecule has 0 saturated carbocycles. The predicted octanol–water partition coefficient (Wildman–Crippen LogP) is 0.288. The van der Waals surface area contributed by atoms with Crippen LogP contribution in [0.15, 0.2) is 11.1 Å². The second-order valence-corrected chi connectivity index (χ2v) is 2.35. The van der Waals surface area contributed by atoms with Crippen LogP contribution in [-0.4, -0.2) is 15.2 Å². The van der Waals surface area contributed by atoms with Crippen LogP contribution in [0.2, 0.25) is 0 Å². The Morgan fingerprint density at radius 1 is 1.60 bits per heavy atom. The minimum Gasteiger partial charge on any atom is -0.266 e. The van der Waals surface area contributed by atoms with Crippen molar-refractivity contribution in [1.29, 1.82) is 0 Å². The molecule has 4 nitrogen and oxygen atoms in total. The molecule has 0 radical (unpaired) electrons.